The largest absolute Gasteiger partial charge is 0.313 e. The lowest BCUT2D eigenvalue weighted by Gasteiger charge is -2.36. The summed E-state index contributed by atoms with van der Waals surface area (Å²) in [6.45, 7) is 8.16. The quantitative estimate of drug-likeness (QED) is 0.832. The van der Waals surface area contributed by atoms with Crippen molar-refractivity contribution in [2.24, 2.45) is 5.92 Å². The van der Waals surface area contributed by atoms with E-state index in [0.717, 1.165) is 5.92 Å². The van der Waals surface area contributed by atoms with Crippen molar-refractivity contribution in [2.75, 3.05) is 6.54 Å². The number of hydrogen-bond donors (Lipinski definition) is 1. The first kappa shape index (κ1) is 12.6. The van der Waals surface area contributed by atoms with Crippen LogP contribution in [0, 0.1) is 5.92 Å². The van der Waals surface area contributed by atoms with E-state index in [2.05, 4.69) is 56.4 Å². The fraction of sp³-hybridized carbons (Fsp3) is 0.625. The predicted octanol–water partition coefficient (Wildman–Crippen LogP) is 3.74. The molecule has 2 atom stereocenters. The van der Waals surface area contributed by atoms with Crippen molar-refractivity contribution in [1.82, 2.24) is 5.32 Å². The molecule has 94 valence electrons. The minimum atomic E-state index is 0.367. The van der Waals surface area contributed by atoms with Crippen LogP contribution in [0.5, 0.6) is 0 Å². The molecule has 17 heavy (non-hydrogen) atoms. The lowest BCUT2D eigenvalue weighted by Crippen LogP contribution is -2.40. The second-order valence-corrected chi connectivity index (χ2v) is 5.76. The molecule has 1 heteroatoms. The Morgan fingerprint density at radius 1 is 1.29 bits per heavy atom. The minimum absolute atomic E-state index is 0.367. The molecule has 1 aliphatic heterocycles. The van der Waals surface area contributed by atoms with Gasteiger partial charge in [0.25, 0.3) is 0 Å². The fourth-order valence-electron chi connectivity index (χ4n) is 3.36. The van der Waals surface area contributed by atoms with Crippen molar-refractivity contribution in [2.45, 2.75) is 51.5 Å². The molecule has 0 saturated carbocycles. The van der Waals surface area contributed by atoms with Crippen LogP contribution in [0.3, 0.4) is 0 Å². The summed E-state index contributed by atoms with van der Waals surface area (Å²) < 4.78 is 0. The van der Waals surface area contributed by atoms with Crippen LogP contribution in [0.1, 0.15) is 45.6 Å². The fourth-order valence-corrected chi connectivity index (χ4v) is 3.36. The van der Waals surface area contributed by atoms with Gasteiger partial charge in [0.15, 0.2) is 0 Å². The summed E-state index contributed by atoms with van der Waals surface area (Å²) in [4.78, 5) is 0. The van der Waals surface area contributed by atoms with Gasteiger partial charge in [-0.1, -0.05) is 51.1 Å². The molecule has 1 heterocycles. The van der Waals surface area contributed by atoms with Gasteiger partial charge in [-0.25, -0.2) is 0 Å². The number of hydrogen-bond acceptors (Lipinski definition) is 1. The van der Waals surface area contributed by atoms with Gasteiger partial charge < -0.3 is 5.32 Å². The maximum Gasteiger partial charge on any atom is 0.0167 e. The Morgan fingerprint density at radius 3 is 2.59 bits per heavy atom. The monoisotopic (exact) mass is 231 g/mol. The van der Waals surface area contributed by atoms with E-state index in [1.807, 2.05) is 0 Å². The Balaban J connectivity index is 2.29. The van der Waals surface area contributed by atoms with E-state index in [1.54, 1.807) is 0 Å². The minimum Gasteiger partial charge on any atom is -0.313 e. The summed E-state index contributed by atoms with van der Waals surface area (Å²) >= 11 is 0. The van der Waals surface area contributed by atoms with Gasteiger partial charge in [0.2, 0.25) is 0 Å². The van der Waals surface area contributed by atoms with Crippen molar-refractivity contribution >= 4 is 0 Å². The molecule has 0 spiro atoms. The van der Waals surface area contributed by atoms with Gasteiger partial charge in [0.1, 0.15) is 0 Å². The van der Waals surface area contributed by atoms with Crippen LogP contribution in [0.25, 0.3) is 0 Å². The lowest BCUT2D eigenvalue weighted by molar-refractivity contribution is 0.311. The van der Waals surface area contributed by atoms with Crippen LogP contribution in [0.4, 0.5) is 0 Å². The highest BCUT2D eigenvalue weighted by molar-refractivity contribution is 5.29. The molecule has 0 aliphatic carbocycles. The maximum atomic E-state index is 3.73. The van der Waals surface area contributed by atoms with Gasteiger partial charge in [0.05, 0.1) is 0 Å². The van der Waals surface area contributed by atoms with Crippen LogP contribution >= 0.6 is 0 Å². The summed E-state index contributed by atoms with van der Waals surface area (Å²) in [5.74, 6) is 0.764. The summed E-state index contributed by atoms with van der Waals surface area (Å²) in [5, 5.41) is 3.73. The smallest absolute Gasteiger partial charge is 0.0167 e. The van der Waals surface area contributed by atoms with E-state index >= 15 is 0 Å². The molecular formula is C16H25N. The normalized spacial score (nSPS) is 28.8. The second-order valence-electron chi connectivity index (χ2n) is 5.76. The van der Waals surface area contributed by atoms with Crippen molar-refractivity contribution < 1.29 is 0 Å². The van der Waals surface area contributed by atoms with E-state index in [0.29, 0.717) is 11.5 Å². The molecule has 2 rings (SSSR count). The molecule has 1 aromatic rings. The molecule has 0 aromatic heterocycles. The summed E-state index contributed by atoms with van der Waals surface area (Å²) in [7, 11) is 0. The molecular weight excluding hydrogens is 206 g/mol. The Labute approximate surface area is 106 Å². The molecule has 1 fully saturated rings. The van der Waals surface area contributed by atoms with Crippen LogP contribution < -0.4 is 5.32 Å². The van der Waals surface area contributed by atoms with Gasteiger partial charge in [-0.15, -0.1) is 0 Å². The lowest BCUT2D eigenvalue weighted by atomic mass is 9.70. The highest BCUT2D eigenvalue weighted by Crippen LogP contribution is 2.40. The predicted molar refractivity (Wildman–Crippen MR) is 74.3 cm³/mol. The zero-order valence-corrected chi connectivity index (χ0v) is 11.4. The molecule has 1 N–H and O–H groups in total. The van der Waals surface area contributed by atoms with Gasteiger partial charge in [-0.2, -0.15) is 0 Å². The third-order valence-corrected chi connectivity index (χ3v) is 4.32. The molecule has 1 saturated heterocycles. The molecule has 0 amide bonds. The summed E-state index contributed by atoms with van der Waals surface area (Å²) in [6, 6.07) is 11.7. The standard InChI is InChI=1S/C16H25N/c1-4-16(14-8-6-5-7-9-14)10-11-17-15(16)12-13(2)3/h5-9,13,15,17H,4,10-12H2,1-3H3. The molecule has 1 nitrogen and oxygen atoms in total. The third kappa shape index (κ3) is 2.40. The molecule has 1 aromatic carbocycles. The number of nitrogens with one attached hydrogen (secondary N) is 1. The average molecular weight is 231 g/mol. The van der Waals surface area contributed by atoms with E-state index in [9.17, 15) is 0 Å². The third-order valence-electron chi connectivity index (χ3n) is 4.32. The SMILES string of the molecule is CCC1(c2ccccc2)CCNC1CC(C)C. The van der Waals surface area contributed by atoms with E-state index in [-0.39, 0.29) is 0 Å². The Morgan fingerprint density at radius 2 is 2.00 bits per heavy atom. The van der Waals surface area contributed by atoms with Crippen LogP contribution in [0.15, 0.2) is 30.3 Å². The Hall–Kier alpha value is -0.820. The topological polar surface area (TPSA) is 12.0 Å². The van der Waals surface area contributed by atoms with Gasteiger partial charge in [-0.3, -0.25) is 0 Å². The molecule has 0 bridgehead atoms. The Bertz CT molecular complexity index is 344. The highest BCUT2D eigenvalue weighted by Gasteiger charge is 2.42. The van der Waals surface area contributed by atoms with E-state index < -0.39 is 0 Å². The van der Waals surface area contributed by atoms with E-state index in [4.69, 9.17) is 0 Å². The van der Waals surface area contributed by atoms with E-state index in [1.165, 1.54) is 31.4 Å². The maximum absolute atomic E-state index is 3.73. The average Bonchev–Trinajstić information content (AvgIpc) is 2.73. The van der Waals surface area contributed by atoms with Gasteiger partial charge in [-0.05, 0) is 37.3 Å². The van der Waals surface area contributed by atoms with Crippen molar-refractivity contribution in [1.29, 1.82) is 0 Å². The number of rotatable bonds is 4. The van der Waals surface area contributed by atoms with Crippen LogP contribution in [-0.2, 0) is 5.41 Å². The zero-order chi connectivity index (χ0) is 12.3. The van der Waals surface area contributed by atoms with Crippen molar-refractivity contribution in [3.05, 3.63) is 35.9 Å². The van der Waals surface area contributed by atoms with Crippen molar-refractivity contribution in [3.63, 3.8) is 0 Å². The van der Waals surface area contributed by atoms with Gasteiger partial charge >= 0.3 is 0 Å². The highest BCUT2D eigenvalue weighted by atomic mass is 15.0. The second kappa shape index (κ2) is 5.22. The first-order chi connectivity index (χ1) is 8.19. The number of benzene rings is 1. The first-order valence-corrected chi connectivity index (χ1v) is 6.98. The molecule has 1 aliphatic rings. The van der Waals surface area contributed by atoms with Crippen LogP contribution in [0.2, 0.25) is 0 Å². The first-order valence-electron chi connectivity index (χ1n) is 6.98. The Kier molecular flexibility index (Phi) is 3.88. The van der Waals surface area contributed by atoms with Crippen LogP contribution in [-0.4, -0.2) is 12.6 Å². The molecule has 0 radical (unpaired) electrons. The van der Waals surface area contributed by atoms with Gasteiger partial charge in [0, 0.05) is 11.5 Å². The summed E-state index contributed by atoms with van der Waals surface area (Å²) in [5.41, 5.74) is 1.89. The molecule has 2 unspecified atom stereocenters. The van der Waals surface area contributed by atoms with Crippen molar-refractivity contribution in [3.8, 4) is 0 Å². The summed E-state index contributed by atoms with van der Waals surface area (Å²) in [6.07, 6.45) is 3.80. The zero-order valence-electron chi connectivity index (χ0n) is 11.4.